The highest BCUT2D eigenvalue weighted by Gasteiger charge is 2.61. The molecule has 0 aliphatic rings. The molecule has 40 heavy (non-hydrogen) atoms. The summed E-state index contributed by atoms with van der Waals surface area (Å²) in [6.45, 7) is 44.7. The van der Waals surface area contributed by atoms with Gasteiger partial charge in [0.15, 0.2) is 58.2 Å². The molecule has 0 aromatic heterocycles. The fraction of sp³-hybridized carbons (Fsp3) is 1.00. The molecule has 0 fully saturated rings. The zero-order valence-corrected chi connectivity index (χ0v) is 39.9. The Morgan fingerprint density at radius 2 is 0.425 bits per heavy atom. The lowest BCUT2D eigenvalue weighted by atomic mass is 11.8. The van der Waals surface area contributed by atoms with Gasteiger partial charge in [0.1, 0.15) is 0 Å². The largest absolute Gasteiger partial charge is 0.639 e. The average molecular weight is 742 g/mol. The van der Waals surface area contributed by atoms with Gasteiger partial charge in [-0.25, -0.2) is 0 Å². The highest BCUT2D eigenvalue weighted by atomic mass is 28.6. The van der Waals surface area contributed by atoms with Gasteiger partial charge >= 0.3 is 27.6 Å². The van der Waals surface area contributed by atoms with Crippen LogP contribution in [0.2, 0.25) is 137 Å². The van der Waals surface area contributed by atoms with E-state index in [9.17, 15) is 0 Å². The molecule has 242 valence electrons. The highest BCUT2D eigenvalue weighted by Crippen LogP contribution is 2.32. The van der Waals surface area contributed by atoms with Crippen molar-refractivity contribution < 1.29 is 37.0 Å². The Labute approximate surface area is 259 Å². The Kier molecular flexibility index (Phi) is 14.7. The first kappa shape index (κ1) is 41.8. The van der Waals surface area contributed by atoms with E-state index in [0.29, 0.717) is 0 Å². The van der Waals surface area contributed by atoms with Crippen LogP contribution in [0.1, 0.15) is 0 Å². The second kappa shape index (κ2) is 14.1. The summed E-state index contributed by atoms with van der Waals surface area (Å²) in [6.07, 6.45) is 0. The molecular weight excluding hydrogens is 677 g/mol. The van der Waals surface area contributed by atoms with Gasteiger partial charge in [0.25, 0.3) is 0 Å². The molecule has 0 saturated heterocycles. The first-order valence-corrected chi connectivity index (χ1v) is 42.8. The number of hydrogen-bond donors (Lipinski definition) is 0. The van der Waals surface area contributed by atoms with Crippen LogP contribution in [-0.2, 0) is 37.0 Å². The van der Waals surface area contributed by atoms with E-state index in [1.165, 1.54) is 0 Å². The van der Waals surface area contributed by atoms with Crippen molar-refractivity contribution in [1.82, 2.24) is 0 Å². The van der Waals surface area contributed by atoms with Crippen LogP contribution in [0.5, 0.6) is 0 Å². The van der Waals surface area contributed by atoms with Crippen LogP contribution in [0.25, 0.3) is 0 Å². The monoisotopic (exact) mass is 740 g/mol. The van der Waals surface area contributed by atoms with Crippen LogP contribution in [0.3, 0.4) is 0 Å². The third-order valence-electron chi connectivity index (χ3n) is 3.52. The SMILES string of the molecule is C[Si](C)(C)O[SiH](O[Si](O[Si](C)(C)C)(O[Si](C)(C)C)O[Si](C)(C)C)O[Si](O[Si](C)(C)C)(O[Si](C)(C)C)O[Si](C)(C)C. The van der Waals surface area contributed by atoms with Crippen molar-refractivity contribution >= 4 is 85.8 Å². The van der Waals surface area contributed by atoms with Crippen molar-refractivity contribution in [3.63, 3.8) is 0 Å². The van der Waals surface area contributed by atoms with Crippen LogP contribution >= 0.6 is 0 Å². The van der Waals surface area contributed by atoms with Crippen LogP contribution in [-0.4, -0.2) is 85.8 Å². The first-order chi connectivity index (χ1) is 17.0. The standard InChI is InChI=1S/C21H64O9Si10/c1-32(2,3)22-31(23-39(25-33(4,5)6,26-34(7,8)9)27-35(10,11)12)24-40(28-36(13,14)15,29-37(16,17)18)30-38(19,20)21/h31H,1-21H3. The maximum atomic E-state index is 6.99. The van der Waals surface area contributed by atoms with Gasteiger partial charge in [0.2, 0.25) is 0 Å². The van der Waals surface area contributed by atoms with E-state index < -0.39 is 85.8 Å². The van der Waals surface area contributed by atoms with Crippen molar-refractivity contribution in [3.8, 4) is 0 Å². The lowest BCUT2D eigenvalue weighted by Gasteiger charge is -2.45. The molecule has 0 heterocycles. The van der Waals surface area contributed by atoms with Gasteiger partial charge in [-0.1, -0.05) is 0 Å². The molecule has 9 nitrogen and oxygen atoms in total. The zero-order chi connectivity index (χ0) is 32.4. The van der Waals surface area contributed by atoms with E-state index in [4.69, 9.17) is 37.0 Å². The normalized spacial score (nSPS) is 15.8. The lowest BCUT2D eigenvalue weighted by Crippen LogP contribution is -2.69. The minimum absolute atomic E-state index is 2.13. The third kappa shape index (κ3) is 21.5. The van der Waals surface area contributed by atoms with Crippen molar-refractivity contribution in [3.05, 3.63) is 0 Å². The second-order valence-electron chi connectivity index (χ2n) is 17.0. The van der Waals surface area contributed by atoms with E-state index in [0.717, 1.165) is 0 Å². The van der Waals surface area contributed by atoms with Gasteiger partial charge < -0.3 is 37.0 Å². The molecule has 0 aliphatic heterocycles. The molecule has 19 heteroatoms. The van der Waals surface area contributed by atoms with Crippen molar-refractivity contribution in [2.75, 3.05) is 0 Å². The van der Waals surface area contributed by atoms with E-state index >= 15 is 0 Å². The summed E-state index contributed by atoms with van der Waals surface area (Å²) in [5.41, 5.74) is 0. The van der Waals surface area contributed by atoms with Crippen molar-refractivity contribution in [2.24, 2.45) is 0 Å². The van der Waals surface area contributed by atoms with E-state index in [2.05, 4.69) is 137 Å². The van der Waals surface area contributed by atoms with Crippen LogP contribution < -0.4 is 0 Å². The minimum atomic E-state index is -3.73. The molecule has 0 N–H and O–H groups in total. The molecular formula is C21H64O9Si10. The molecule has 0 amide bonds. The average Bonchev–Trinajstić information content (AvgIpc) is 2.39. The van der Waals surface area contributed by atoms with Crippen molar-refractivity contribution in [2.45, 2.75) is 137 Å². The van der Waals surface area contributed by atoms with Gasteiger partial charge in [-0.3, -0.25) is 0 Å². The maximum Gasteiger partial charge on any atom is 0.639 e. The Morgan fingerprint density at radius 3 is 0.550 bits per heavy atom. The first-order valence-electron chi connectivity index (χ1n) is 14.3. The summed E-state index contributed by atoms with van der Waals surface area (Å²) in [5, 5.41) is 0. The quantitative estimate of drug-likeness (QED) is 0.132. The molecule has 0 spiro atoms. The summed E-state index contributed by atoms with van der Waals surface area (Å²) < 4.78 is 61.7. The Balaban J connectivity index is 7.25. The number of hydrogen-bond acceptors (Lipinski definition) is 9. The highest BCUT2D eigenvalue weighted by molar-refractivity contribution is 6.92. The Morgan fingerprint density at radius 1 is 0.250 bits per heavy atom. The van der Waals surface area contributed by atoms with Crippen LogP contribution in [0.15, 0.2) is 0 Å². The van der Waals surface area contributed by atoms with E-state index in [-0.39, 0.29) is 0 Å². The summed E-state index contributed by atoms with van der Waals surface area (Å²) in [7, 11) is -25.9. The van der Waals surface area contributed by atoms with Crippen molar-refractivity contribution in [1.29, 1.82) is 0 Å². The summed E-state index contributed by atoms with van der Waals surface area (Å²) in [6, 6.07) is 0. The fourth-order valence-corrected chi connectivity index (χ4v) is 34.2. The van der Waals surface area contributed by atoms with Gasteiger partial charge in [0.05, 0.1) is 0 Å². The smallest absolute Gasteiger partial charge is 0.419 e. The summed E-state index contributed by atoms with van der Waals surface area (Å²) in [5.74, 6) is 0. The molecule has 0 unspecified atom stereocenters. The molecule has 0 rings (SSSR count). The molecule has 0 aromatic carbocycles. The van der Waals surface area contributed by atoms with Gasteiger partial charge in [0, 0.05) is 0 Å². The Bertz CT molecular complexity index is 647. The third-order valence-corrected chi connectivity index (χ3v) is 31.7. The molecule has 0 saturated carbocycles. The Hall–Kier alpha value is 1.81. The van der Waals surface area contributed by atoms with Crippen LogP contribution in [0.4, 0.5) is 0 Å². The molecule has 0 aliphatic carbocycles. The van der Waals surface area contributed by atoms with E-state index in [1.54, 1.807) is 0 Å². The van der Waals surface area contributed by atoms with E-state index in [1.807, 2.05) is 0 Å². The minimum Gasteiger partial charge on any atom is -0.419 e. The second-order valence-corrected chi connectivity index (χ2v) is 56.9. The molecule has 0 aromatic rings. The lowest BCUT2D eigenvalue weighted by molar-refractivity contribution is 0.0882. The predicted octanol–water partition coefficient (Wildman–Crippen LogP) is 7.57. The molecule has 0 atom stereocenters. The van der Waals surface area contributed by atoms with Crippen LogP contribution in [0, 0.1) is 0 Å². The zero-order valence-electron chi connectivity index (χ0n) is 29.8. The van der Waals surface area contributed by atoms with Gasteiger partial charge in [-0.2, -0.15) is 0 Å². The summed E-state index contributed by atoms with van der Waals surface area (Å²) in [4.78, 5) is 0. The number of rotatable bonds is 18. The fourth-order valence-electron chi connectivity index (χ4n) is 3.12. The maximum absolute atomic E-state index is 6.99. The van der Waals surface area contributed by atoms with Gasteiger partial charge in [-0.05, 0) is 137 Å². The predicted molar refractivity (Wildman–Crippen MR) is 192 cm³/mol. The summed E-state index contributed by atoms with van der Waals surface area (Å²) >= 11 is 0. The topological polar surface area (TPSA) is 83.1 Å². The van der Waals surface area contributed by atoms with Gasteiger partial charge in [-0.15, -0.1) is 0 Å². The molecule has 0 bridgehead atoms. The molecule has 0 radical (unpaired) electrons.